The molecule has 0 fully saturated rings. The topological polar surface area (TPSA) is 24.9 Å². The summed E-state index contributed by atoms with van der Waals surface area (Å²) in [6.07, 6.45) is 0. The molecule has 0 aliphatic carbocycles. The first-order valence-electron chi connectivity index (χ1n) is 6.39. The average molecular weight is 258 g/mol. The summed E-state index contributed by atoms with van der Waals surface area (Å²) in [5.74, 6) is -0.201. The molecule has 0 saturated heterocycles. The van der Waals surface area contributed by atoms with Crippen LogP contribution < -0.4 is 5.32 Å². The van der Waals surface area contributed by atoms with Gasteiger partial charge in [0.1, 0.15) is 5.82 Å². The van der Waals surface area contributed by atoms with E-state index in [4.69, 9.17) is 0 Å². The second kappa shape index (κ2) is 5.49. The minimum Gasteiger partial charge on any atom is -0.309 e. The largest absolute Gasteiger partial charge is 0.309 e. The van der Waals surface area contributed by atoms with E-state index in [0.717, 1.165) is 28.1 Å². The van der Waals surface area contributed by atoms with Crippen LogP contribution in [0.5, 0.6) is 0 Å². The zero-order chi connectivity index (χ0) is 14.0. The lowest BCUT2D eigenvalue weighted by Crippen LogP contribution is -2.19. The lowest BCUT2D eigenvalue weighted by molar-refractivity contribution is 0.614. The highest BCUT2D eigenvalue weighted by Crippen LogP contribution is 2.25. The Kier molecular flexibility index (Phi) is 3.96. The monoisotopic (exact) mass is 258 g/mol. The Bertz CT molecular complexity index is 573. The van der Waals surface area contributed by atoms with E-state index in [9.17, 15) is 4.39 Å². The predicted molar refractivity (Wildman–Crippen MR) is 75.8 cm³/mol. The van der Waals surface area contributed by atoms with Crippen molar-refractivity contribution >= 4 is 0 Å². The van der Waals surface area contributed by atoms with E-state index in [0.29, 0.717) is 0 Å². The highest BCUT2D eigenvalue weighted by Gasteiger charge is 2.16. The molecule has 0 spiro atoms. The van der Waals surface area contributed by atoms with Crippen molar-refractivity contribution in [3.05, 3.63) is 64.2 Å². The van der Waals surface area contributed by atoms with E-state index in [1.807, 2.05) is 40.0 Å². The molecule has 0 saturated carbocycles. The highest BCUT2D eigenvalue weighted by atomic mass is 19.1. The maximum atomic E-state index is 13.6. The molecule has 1 atom stereocenters. The molecule has 0 aliphatic heterocycles. The molecule has 0 aliphatic rings. The van der Waals surface area contributed by atoms with Crippen LogP contribution >= 0.6 is 0 Å². The number of benzene rings is 1. The number of rotatable bonds is 3. The van der Waals surface area contributed by atoms with Crippen molar-refractivity contribution in [3.63, 3.8) is 0 Å². The molecule has 2 aromatic rings. The number of nitrogens with zero attached hydrogens (tertiary/aromatic N) is 1. The predicted octanol–water partition coefficient (Wildman–Crippen LogP) is 3.45. The molecule has 0 amide bonds. The Morgan fingerprint density at radius 2 is 1.84 bits per heavy atom. The Morgan fingerprint density at radius 1 is 1.11 bits per heavy atom. The normalized spacial score (nSPS) is 12.5. The molecule has 1 aromatic carbocycles. The number of hydrogen-bond acceptors (Lipinski definition) is 2. The molecule has 1 unspecified atom stereocenters. The maximum Gasteiger partial charge on any atom is 0.123 e. The standard InChI is InChI=1S/C16H19FN2/c1-10-7-13(9-14(17)8-10)16(18-4)15-6-5-11(2)19-12(15)3/h5-9,16,18H,1-4H3. The molecule has 3 heteroatoms. The van der Waals surface area contributed by atoms with Crippen LogP contribution in [-0.2, 0) is 0 Å². The van der Waals surface area contributed by atoms with Gasteiger partial charge in [0.2, 0.25) is 0 Å². The summed E-state index contributed by atoms with van der Waals surface area (Å²) in [5, 5.41) is 3.24. The van der Waals surface area contributed by atoms with Crippen LogP contribution in [0.1, 0.15) is 34.1 Å². The summed E-state index contributed by atoms with van der Waals surface area (Å²) >= 11 is 0. The lowest BCUT2D eigenvalue weighted by atomic mass is 9.96. The number of nitrogens with one attached hydrogen (secondary N) is 1. The van der Waals surface area contributed by atoms with Crippen LogP contribution in [0.4, 0.5) is 4.39 Å². The third-order valence-corrected chi connectivity index (χ3v) is 3.26. The van der Waals surface area contributed by atoms with Gasteiger partial charge in [0.05, 0.1) is 6.04 Å². The molecule has 2 nitrogen and oxygen atoms in total. The van der Waals surface area contributed by atoms with Gasteiger partial charge in [-0.3, -0.25) is 4.98 Å². The molecule has 1 heterocycles. The van der Waals surface area contributed by atoms with Crippen molar-refractivity contribution in [2.75, 3.05) is 7.05 Å². The van der Waals surface area contributed by atoms with E-state index < -0.39 is 0 Å². The van der Waals surface area contributed by atoms with E-state index >= 15 is 0 Å². The van der Waals surface area contributed by atoms with Crippen molar-refractivity contribution in [2.24, 2.45) is 0 Å². The minimum absolute atomic E-state index is 0.0394. The average Bonchev–Trinajstić information content (AvgIpc) is 2.31. The van der Waals surface area contributed by atoms with E-state index in [1.54, 1.807) is 6.07 Å². The number of hydrogen-bond donors (Lipinski definition) is 1. The summed E-state index contributed by atoms with van der Waals surface area (Å²) in [6.45, 7) is 5.86. The van der Waals surface area contributed by atoms with E-state index in [-0.39, 0.29) is 11.9 Å². The van der Waals surface area contributed by atoms with Crippen molar-refractivity contribution in [1.82, 2.24) is 10.3 Å². The van der Waals surface area contributed by atoms with Crippen LogP contribution in [0.3, 0.4) is 0 Å². The fraction of sp³-hybridized carbons (Fsp3) is 0.312. The lowest BCUT2D eigenvalue weighted by Gasteiger charge is -2.19. The van der Waals surface area contributed by atoms with Gasteiger partial charge < -0.3 is 5.32 Å². The van der Waals surface area contributed by atoms with Crippen LogP contribution in [-0.4, -0.2) is 12.0 Å². The summed E-state index contributed by atoms with van der Waals surface area (Å²) < 4.78 is 13.6. The minimum atomic E-state index is -0.201. The Balaban J connectivity index is 2.49. The fourth-order valence-electron chi connectivity index (χ4n) is 2.44. The zero-order valence-corrected chi connectivity index (χ0v) is 11.8. The quantitative estimate of drug-likeness (QED) is 0.912. The van der Waals surface area contributed by atoms with Crippen molar-refractivity contribution in [3.8, 4) is 0 Å². The molecule has 1 aromatic heterocycles. The van der Waals surface area contributed by atoms with Gasteiger partial charge >= 0.3 is 0 Å². The smallest absolute Gasteiger partial charge is 0.123 e. The van der Waals surface area contributed by atoms with Gasteiger partial charge in [-0.05, 0) is 62.7 Å². The summed E-state index contributed by atoms with van der Waals surface area (Å²) in [4.78, 5) is 4.48. The van der Waals surface area contributed by atoms with Crippen molar-refractivity contribution in [2.45, 2.75) is 26.8 Å². The Hall–Kier alpha value is -1.74. The highest BCUT2D eigenvalue weighted by molar-refractivity contribution is 5.36. The molecule has 2 rings (SSSR count). The van der Waals surface area contributed by atoms with Gasteiger partial charge in [-0.2, -0.15) is 0 Å². The van der Waals surface area contributed by atoms with Crippen LogP contribution in [0.2, 0.25) is 0 Å². The molecule has 1 N–H and O–H groups in total. The number of aryl methyl sites for hydroxylation is 3. The fourth-order valence-corrected chi connectivity index (χ4v) is 2.44. The molecule has 100 valence electrons. The van der Waals surface area contributed by atoms with Gasteiger partial charge in [-0.1, -0.05) is 12.1 Å². The Morgan fingerprint density at radius 3 is 2.42 bits per heavy atom. The summed E-state index contributed by atoms with van der Waals surface area (Å²) in [7, 11) is 1.88. The van der Waals surface area contributed by atoms with Crippen LogP contribution in [0.25, 0.3) is 0 Å². The zero-order valence-electron chi connectivity index (χ0n) is 11.8. The first-order valence-corrected chi connectivity index (χ1v) is 6.39. The number of aromatic nitrogens is 1. The second-order valence-electron chi connectivity index (χ2n) is 4.91. The summed E-state index contributed by atoms with van der Waals surface area (Å²) in [6, 6.07) is 9.12. The van der Waals surface area contributed by atoms with Crippen molar-refractivity contribution < 1.29 is 4.39 Å². The van der Waals surface area contributed by atoms with E-state index in [2.05, 4.69) is 16.4 Å². The molecule has 0 bridgehead atoms. The van der Waals surface area contributed by atoms with Crippen LogP contribution in [0.15, 0.2) is 30.3 Å². The van der Waals surface area contributed by atoms with Gasteiger partial charge in [-0.25, -0.2) is 4.39 Å². The number of pyridine rings is 1. The molecular weight excluding hydrogens is 239 g/mol. The second-order valence-corrected chi connectivity index (χ2v) is 4.91. The SMILES string of the molecule is CNC(c1cc(C)cc(F)c1)c1ccc(C)nc1C. The van der Waals surface area contributed by atoms with E-state index in [1.165, 1.54) is 6.07 Å². The third kappa shape index (κ3) is 2.99. The van der Waals surface area contributed by atoms with Crippen LogP contribution in [0, 0.1) is 26.6 Å². The van der Waals surface area contributed by atoms with Gasteiger partial charge in [0, 0.05) is 11.4 Å². The number of halogens is 1. The van der Waals surface area contributed by atoms with Gasteiger partial charge in [0.15, 0.2) is 0 Å². The summed E-state index contributed by atoms with van der Waals surface area (Å²) in [5.41, 5.74) is 4.90. The molecule has 0 radical (unpaired) electrons. The first-order chi connectivity index (χ1) is 9.01. The van der Waals surface area contributed by atoms with Crippen molar-refractivity contribution in [1.29, 1.82) is 0 Å². The van der Waals surface area contributed by atoms with Gasteiger partial charge in [0.25, 0.3) is 0 Å². The Labute approximate surface area is 113 Å². The molecule has 19 heavy (non-hydrogen) atoms. The molecular formula is C16H19FN2. The van der Waals surface area contributed by atoms with Gasteiger partial charge in [-0.15, -0.1) is 0 Å². The first kappa shape index (κ1) is 13.7. The third-order valence-electron chi connectivity index (χ3n) is 3.26. The maximum absolute atomic E-state index is 13.6.